The molecule has 1 amide bonds. The molecule has 0 fully saturated rings. The first-order valence-electron chi connectivity index (χ1n) is 12.1. The molecule has 1 aromatic heterocycles. The molecule has 1 aromatic carbocycles. The van der Waals surface area contributed by atoms with Crippen molar-refractivity contribution in [3.8, 4) is 0 Å². The molecule has 3 heterocycles. The molecule has 14 heteroatoms. The summed E-state index contributed by atoms with van der Waals surface area (Å²) in [4.78, 5) is 19.3. The number of rotatable bonds is 5. The van der Waals surface area contributed by atoms with Crippen molar-refractivity contribution in [1.29, 1.82) is 0 Å². The van der Waals surface area contributed by atoms with Crippen LogP contribution in [0.2, 0.25) is 0 Å². The van der Waals surface area contributed by atoms with Crippen LogP contribution in [0.15, 0.2) is 68.8 Å². The molecular formula is C25H24FN5O6S2. The van der Waals surface area contributed by atoms with E-state index in [0.717, 1.165) is 36.9 Å². The van der Waals surface area contributed by atoms with Crippen LogP contribution in [0.5, 0.6) is 0 Å². The van der Waals surface area contributed by atoms with Crippen LogP contribution in [0.25, 0.3) is 0 Å². The van der Waals surface area contributed by atoms with Crippen LogP contribution in [-0.2, 0) is 31.4 Å². The van der Waals surface area contributed by atoms with Gasteiger partial charge in [0.15, 0.2) is 11.7 Å². The van der Waals surface area contributed by atoms with E-state index in [1.165, 1.54) is 12.1 Å². The molecular weight excluding hydrogens is 549 g/mol. The highest BCUT2D eigenvalue weighted by atomic mass is 32.2. The number of fused-ring (bicyclic) bond motifs is 5. The normalized spacial score (nSPS) is 26.9. The van der Waals surface area contributed by atoms with E-state index in [1.54, 1.807) is 17.0 Å². The maximum Gasteiger partial charge on any atom is 0.288 e. The topological polar surface area (TPSA) is 158 Å². The van der Waals surface area contributed by atoms with Crippen molar-refractivity contribution in [3.63, 3.8) is 0 Å². The highest BCUT2D eigenvalue weighted by molar-refractivity contribution is 7.92. The fraction of sp³-hybridized carbons (Fsp3) is 0.320. The minimum Gasteiger partial charge on any atom is -0.511 e. The first kappa shape index (κ1) is 25.5. The molecule has 2 bridgehead atoms. The Kier molecular flexibility index (Phi) is 5.46. The number of allylic oxidation sites excluding steroid dienone is 1. The number of nitrogens with zero attached hydrogens (tertiary/aromatic N) is 3. The molecule has 0 unspecified atom stereocenters. The van der Waals surface area contributed by atoms with Gasteiger partial charge in [0.2, 0.25) is 10.0 Å². The zero-order valence-corrected chi connectivity index (χ0v) is 22.5. The van der Waals surface area contributed by atoms with Gasteiger partial charge in [0.25, 0.3) is 15.9 Å². The highest BCUT2D eigenvalue weighted by Crippen LogP contribution is 2.58. The van der Waals surface area contributed by atoms with E-state index in [1.807, 2.05) is 6.92 Å². The summed E-state index contributed by atoms with van der Waals surface area (Å²) in [5, 5.41) is 14.2. The van der Waals surface area contributed by atoms with E-state index in [0.29, 0.717) is 5.56 Å². The van der Waals surface area contributed by atoms with Crippen molar-refractivity contribution in [3.05, 3.63) is 70.9 Å². The number of pyridine rings is 1. The number of sulfonamides is 2. The molecule has 0 saturated heterocycles. The predicted molar refractivity (Wildman–Crippen MR) is 140 cm³/mol. The van der Waals surface area contributed by atoms with Gasteiger partial charge in [0.05, 0.1) is 29.6 Å². The molecule has 3 atom stereocenters. The second-order valence-corrected chi connectivity index (χ2v) is 13.6. The summed E-state index contributed by atoms with van der Waals surface area (Å²) in [6.07, 6.45) is 5.65. The van der Waals surface area contributed by atoms with Gasteiger partial charge >= 0.3 is 0 Å². The average molecular weight is 574 g/mol. The number of aromatic nitrogens is 1. The Balaban J connectivity index is 1.44. The summed E-state index contributed by atoms with van der Waals surface area (Å²) in [5.41, 5.74) is 0.473. The van der Waals surface area contributed by atoms with Crippen molar-refractivity contribution in [2.45, 2.75) is 36.7 Å². The Hall–Kier alpha value is -3.78. The summed E-state index contributed by atoms with van der Waals surface area (Å²) >= 11 is 0. The molecule has 3 N–H and O–H groups in total. The van der Waals surface area contributed by atoms with E-state index < -0.39 is 43.2 Å². The maximum absolute atomic E-state index is 14.1. The number of nitrogens with one attached hydrogen (secondary N) is 2. The Morgan fingerprint density at radius 1 is 1.28 bits per heavy atom. The van der Waals surface area contributed by atoms with E-state index >= 15 is 0 Å². The number of amides is 1. The molecule has 6 rings (SSSR count). The van der Waals surface area contributed by atoms with Gasteiger partial charge in [-0.25, -0.2) is 17.8 Å². The number of carbonyl (C=O) groups is 1. The van der Waals surface area contributed by atoms with Gasteiger partial charge in [-0.15, -0.1) is 4.40 Å². The van der Waals surface area contributed by atoms with Crippen LogP contribution >= 0.6 is 0 Å². The molecule has 4 aliphatic rings. The van der Waals surface area contributed by atoms with Gasteiger partial charge < -0.3 is 15.3 Å². The molecule has 11 nitrogen and oxygen atoms in total. The summed E-state index contributed by atoms with van der Waals surface area (Å²) < 4.78 is 69.0. The largest absolute Gasteiger partial charge is 0.511 e. The Morgan fingerprint density at radius 3 is 2.69 bits per heavy atom. The van der Waals surface area contributed by atoms with Crippen LogP contribution in [0.3, 0.4) is 0 Å². The van der Waals surface area contributed by atoms with Gasteiger partial charge in [-0.1, -0.05) is 18.2 Å². The molecule has 204 valence electrons. The average Bonchev–Trinajstić information content (AvgIpc) is 3.43. The van der Waals surface area contributed by atoms with E-state index in [4.69, 9.17) is 0 Å². The number of hydrogen-bond acceptors (Lipinski definition) is 8. The van der Waals surface area contributed by atoms with Gasteiger partial charge in [-0.05, 0) is 55.0 Å². The van der Waals surface area contributed by atoms with Gasteiger partial charge in [-0.3, -0.25) is 9.52 Å². The summed E-state index contributed by atoms with van der Waals surface area (Å²) in [5.74, 6) is -2.42. The number of aliphatic hydroxyl groups is 1. The van der Waals surface area contributed by atoms with E-state index in [-0.39, 0.29) is 46.0 Å². The first-order valence-corrected chi connectivity index (χ1v) is 15.4. The predicted octanol–water partition coefficient (Wildman–Crippen LogP) is 2.68. The van der Waals surface area contributed by atoms with Gasteiger partial charge in [-0.2, -0.15) is 8.42 Å². The lowest BCUT2D eigenvalue weighted by Crippen LogP contribution is -2.60. The smallest absolute Gasteiger partial charge is 0.288 e. The summed E-state index contributed by atoms with van der Waals surface area (Å²) in [6.45, 7) is 1.99. The zero-order chi connectivity index (χ0) is 27.9. The quantitative estimate of drug-likeness (QED) is 0.461. The molecule has 2 aliphatic carbocycles. The lowest BCUT2D eigenvalue weighted by atomic mass is 9.68. The van der Waals surface area contributed by atoms with E-state index in [9.17, 15) is 31.1 Å². The lowest BCUT2D eigenvalue weighted by molar-refractivity contribution is -0.137. The third-order valence-electron chi connectivity index (χ3n) is 7.79. The van der Waals surface area contributed by atoms with Crippen molar-refractivity contribution in [2.75, 3.05) is 16.3 Å². The van der Waals surface area contributed by atoms with Gasteiger partial charge in [0, 0.05) is 6.54 Å². The number of halogens is 1. The van der Waals surface area contributed by atoms with Crippen LogP contribution in [0.1, 0.15) is 25.3 Å². The molecule has 0 radical (unpaired) electrons. The van der Waals surface area contributed by atoms with Crippen molar-refractivity contribution in [2.24, 2.45) is 16.2 Å². The number of amidine groups is 1. The Morgan fingerprint density at radius 2 is 2.00 bits per heavy atom. The number of hydrogen-bond donors (Lipinski definition) is 3. The Labute approximate surface area is 224 Å². The van der Waals surface area contributed by atoms with Gasteiger partial charge in [0.1, 0.15) is 22.0 Å². The standard InChI is InChI=1S/C25H24FN5O6S2/c1-25-15-6-5-14(9-15)20(25)21(32)19(24(33)31(25)12-13-3-7-16(26)8-4-13)23-28-22-18(39(36,37)30-23)10-17(11-27-22)29-38(2,34)35/h3-4,7-11,14,20,29,32H,5-6,12H2,1-2H3,(H,27,28,30)/t14-,20-,25-/m0/s1. The monoisotopic (exact) mass is 573 g/mol. The molecule has 0 saturated carbocycles. The highest BCUT2D eigenvalue weighted by Gasteiger charge is 2.60. The van der Waals surface area contributed by atoms with Crippen LogP contribution < -0.4 is 10.0 Å². The van der Waals surface area contributed by atoms with Crippen LogP contribution in [-0.4, -0.2) is 55.4 Å². The molecule has 2 aromatic rings. The second-order valence-electron chi connectivity index (χ2n) is 10.3. The van der Waals surface area contributed by atoms with Crippen molar-refractivity contribution < 1.29 is 31.1 Å². The minimum absolute atomic E-state index is 0.0559. The zero-order valence-electron chi connectivity index (χ0n) is 20.8. The maximum atomic E-state index is 14.1. The van der Waals surface area contributed by atoms with Crippen molar-refractivity contribution in [1.82, 2.24) is 9.88 Å². The number of anilines is 2. The number of aliphatic hydroxyl groups excluding tert-OH is 1. The van der Waals surface area contributed by atoms with E-state index in [2.05, 4.69) is 25.5 Å². The third-order valence-corrected chi connectivity index (χ3v) is 9.69. The fourth-order valence-corrected chi connectivity index (χ4v) is 7.76. The molecule has 2 aliphatic heterocycles. The number of benzene rings is 1. The number of carbonyl (C=O) groups excluding carboxylic acids is 1. The Bertz CT molecular complexity index is 1750. The summed E-state index contributed by atoms with van der Waals surface area (Å²) in [6, 6.07) is 6.81. The third kappa shape index (κ3) is 4.00. The van der Waals surface area contributed by atoms with Crippen LogP contribution in [0, 0.1) is 17.7 Å². The SMILES string of the molecule is C[C@]12C3=C[C@H](CC3)[C@H]1C(O)=C(C1=NS(=O)(=O)c3cc(NS(C)(=O)=O)cnc3N1)C(=O)N2Cc1ccc(F)cc1. The van der Waals surface area contributed by atoms with Crippen molar-refractivity contribution >= 4 is 43.3 Å². The van der Waals surface area contributed by atoms with Crippen LogP contribution in [0.4, 0.5) is 15.9 Å². The first-order chi connectivity index (χ1) is 18.3. The lowest BCUT2D eigenvalue weighted by Gasteiger charge is -2.51. The minimum atomic E-state index is -4.44. The summed E-state index contributed by atoms with van der Waals surface area (Å²) in [7, 11) is -8.13. The fourth-order valence-electron chi connectivity index (χ4n) is 6.12. The molecule has 0 spiro atoms. The second kappa shape index (κ2) is 8.36. The molecule has 39 heavy (non-hydrogen) atoms.